The number of nitrogens with zero attached hydrogens (tertiary/aromatic N) is 3. The van der Waals surface area contributed by atoms with E-state index in [2.05, 4.69) is 15.3 Å². The lowest BCUT2D eigenvalue weighted by Gasteiger charge is -2.17. The molecule has 1 N–H and O–H groups in total. The van der Waals surface area contributed by atoms with Crippen LogP contribution in [0.4, 0.5) is 4.79 Å². The van der Waals surface area contributed by atoms with Crippen LogP contribution in [0.15, 0.2) is 42.9 Å². The Morgan fingerprint density at radius 1 is 1.32 bits per heavy atom. The summed E-state index contributed by atoms with van der Waals surface area (Å²) in [7, 11) is 1.65. The van der Waals surface area contributed by atoms with Gasteiger partial charge in [-0.25, -0.2) is 14.8 Å². The number of benzene rings is 1. The van der Waals surface area contributed by atoms with Gasteiger partial charge in [-0.05, 0) is 24.1 Å². The molecule has 1 fully saturated rings. The first-order chi connectivity index (χ1) is 12.2. The fraction of sp³-hybridized carbons (Fsp3) is 0.389. The van der Waals surface area contributed by atoms with E-state index in [1.165, 1.54) is 6.33 Å². The van der Waals surface area contributed by atoms with Gasteiger partial charge in [0.25, 0.3) is 0 Å². The third-order valence-corrected chi connectivity index (χ3v) is 4.12. The number of carbonyl (C=O) groups excluding carboxylic acids is 1. The molecule has 2 amide bonds. The van der Waals surface area contributed by atoms with Gasteiger partial charge in [0.15, 0.2) is 0 Å². The molecule has 3 rings (SSSR count). The van der Waals surface area contributed by atoms with Crippen molar-refractivity contribution in [1.29, 1.82) is 0 Å². The average Bonchev–Trinajstić information content (AvgIpc) is 3.12. The number of aromatic nitrogens is 2. The molecule has 0 unspecified atom stereocenters. The highest BCUT2D eigenvalue weighted by Crippen LogP contribution is 2.16. The van der Waals surface area contributed by atoms with Gasteiger partial charge in [-0.3, -0.25) is 0 Å². The molecule has 7 nitrogen and oxygen atoms in total. The Labute approximate surface area is 147 Å². The predicted molar refractivity (Wildman–Crippen MR) is 92.7 cm³/mol. The highest BCUT2D eigenvalue weighted by molar-refractivity contribution is 5.74. The van der Waals surface area contributed by atoms with Crippen molar-refractivity contribution in [3.8, 4) is 11.6 Å². The van der Waals surface area contributed by atoms with Gasteiger partial charge >= 0.3 is 6.03 Å². The molecule has 1 atom stereocenters. The Balaban J connectivity index is 1.40. The van der Waals surface area contributed by atoms with Gasteiger partial charge in [-0.1, -0.05) is 12.1 Å². The molecule has 132 valence electrons. The van der Waals surface area contributed by atoms with Gasteiger partial charge in [0.05, 0.1) is 13.7 Å². The number of methoxy groups -OCH3 is 1. The zero-order chi connectivity index (χ0) is 17.5. The molecule has 0 bridgehead atoms. The van der Waals surface area contributed by atoms with Crippen molar-refractivity contribution in [1.82, 2.24) is 20.2 Å². The number of nitrogens with one attached hydrogen (secondary N) is 1. The van der Waals surface area contributed by atoms with E-state index in [4.69, 9.17) is 9.47 Å². The quantitative estimate of drug-likeness (QED) is 0.867. The summed E-state index contributed by atoms with van der Waals surface area (Å²) in [4.78, 5) is 21.9. The maximum atomic E-state index is 12.2. The number of carbonyl (C=O) groups is 1. The molecule has 1 aliphatic rings. The lowest BCUT2D eigenvalue weighted by Crippen LogP contribution is -2.40. The summed E-state index contributed by atoms with van der Waals surface area (Å²) in [6.07, 6.45) is 4.65. The minimum Gasteiger partial charge on any atom is -0.497 e. The van der Waals surface area contributed by atoms with Crippen molar-refractivity contribution in [2.45, 2.75) is 18.9 Å². The Bertz CT molecular complexity index is 678. The average molecular weight is 342 g/mol. The Kier molecular flexibility index (Phi) is 5.66. The van der Waals surface area contributed by atoms with Crippen LogP contribution >= 0.6 is 0 Å². The van der Waals surface area contributed by atoms with E-state index >= 15 is 0 Å². The molecule has 0 aliphatic carbocycles. The highest BCUT2D eigenvalue weighted by atomic mass is 16.5. The summed E-state index contributed by atoms with van der Waals surface area (Å²) >= 11 is 0. The number of rotatable bonds is 6. The van der Waals surface area contributed by atoms with E-state index in [-0.39, 0.29) is 12.1 Å². The van der Waals surface area contributed by atoms with Gasteiger partial charge < -0.3 is 19.7 Å². The molecule has 0 radical (unpaired) electrons. The zero-order valence-electron chi connectivity index (χ0n) is 14.2. The first-order valence-electron chi connectivity index (χ1n) is 8.33. The lowest BCUT2D eigenvalue weighted by molar-refractivity contribution is 0.183. The fourth-order valence-corrected chi connectivity index (χ4v) is 2.75. The third kappa shape index (κ3) is 4.82. The van der Waals surface area contributed by atoms with Crippen molar-refractivity contribution in [3.63, 3.8) is 0 Å². The molecule has 0 spiro atoms. The van der Waals surface area contributed by atoms with Crippen LogP contribution < -0.4 is 14.8 Å². The molecule has 1 aromatic heterocycles. The topological polar surface area (TPSA) is 76.6 Å². The van der Waals surface area contributed by atoms with Crippen molar-refractivity contribution < 1.29 is 14.3 Å². The Morgan fingerprint density at radius 3 is 2.88 bits per heavy atom. The smallest absolute Gasteiger partial charge is 0.317 e. The number of likely N-dealkylation sites (tertiary alicyclic amines) is 1. The van der Waals surface area contributed by atoms with Crippen molar-refractivity contribution in [2.75, 3.05) is 26.7 Å². The summed E-state index contributed by atoms with van der Waals surface area (Å²) in [6, 6.07) is 9.53. The van der Waals surface area contributed by atoms with Crippen molar-refractivity contribution >= 4 is 6.03 Å². The number of hydrogen-bond donors (Lipinski definition) is 1. The summed E-state index contributed by atoms with van der Waals surface area (Å²) in [5.41, 5.74) is 1.16. The van der Waals surface area contributed by atoms with Crippen LogP contribution in [0.1, 0.15) is 12.0 Å². The molecule has 2 heterocycles. The number of urea groups is 1. The second kappa shape index (κ2) is 8.32. The molecule has 25 heavy (non-hydrogen) atoms. The minimum atomic E-state index is -0.0534. The largest absolute Gasteiger partial charge is 0.497 e. The lowest BCUT2D eigenvalue weighted by atomic mass is 10.1. The normalized spacial score (nSPS) is 16.5. The van der Waals surface area contributed by atoms with E-state index in [1.807, 2.05) is 24.3 Å². The van der Waals surface area contributed by atoms with Crippen LogP contribution in [0.3, 0.4) is 0 Å². The fourth-order valence-electron chi connectivity index (χ4n) is 2.75. The molecular weight excluding hydrogens is 320 g/mol. The summed E-state index contributed by atoms with van der Waals surface area (Å²) in [5.74, 6) is 1.38. The van der Waals surface area contributed by atoms with Crippen LogP contribution in [0.5, 0.6) is 11.6 Å². The monoisotopic (exact) mass is 342 g/mol. The number of amides is 2. The minimum absolute atomic E-state index is 0.0257. The van der Waals surface area contributed by atoms with E-state index in [9.17, 15) is 4.79 Å². The maximum Gasteiger partial charge on any atom is 0.317 e. The van der Waals surface area contributed by atoms with Crippen molar-refractivity contribution in [2.24, 2.45) is 0 Å². The van der Waals surface area contributed by atoms with Crippen LogP contribution in [-0.4, -0.2) is 53.7 Å². The van der Waals surface area contributed by atoms with E-state index in [1.54, 1.807) is 24.3 Å². The number of hydrogen-bond acceptors (Lipinski definition) is 5. The maximum absolute atomic E-state index is 12.2. The molecule has 0 saturated carbocycles. The van der Waals surface area contributed by atoms with Gasteiger partial charge in [0.1, 0.15) is 18.2 Å². The van der Waals surface area contributed by atoms with Crippen LogP contribution in [-0.2, 0) is 6.42 Å². The standard InChI is InChI=1S/C18H22N4O3/c1-24-15-4-2-14(3-5-15)6-10-20-18(23)22-11-8-16(12-22)25-17-7-9-19-13-21-17/h2-5,7,9,13,16H,6,8,10-12H2,1H3,(H,20,23)/t16-/m0/s1. The van der Waals surface area contributed by atoms with Gasteiger partial charge in [0, 0.05) is 31.8 Å². The first kappa shape index (κ1) is 17.0. The second-order valence-electron chi connectivity index (χ2n) is 5.85. The molecule has 2 aromatic rings. The Morgan fingerprint density at radius 2 is 2.16 bits per heavy atom. The second-order valence-corrected chi connectivity index (χ2v) is 5.85. The van der Waals surface area contributed by atoms with Crippen molar-refractivity contribution in [3.05, 3.63) is 48.4 Å². The molecule has 1 aliphatic heterocycles. The van der Waals surface area contributed by atoms with E-state index in [0.717, 1.165) is 24.2 Å². The van der Waals surface area contributed by atoms with Crippen LogP contribution in [0.25, 0.3) is 0 Å². The molecular formula is C18H22N4O3. The first-order valence-corrected chi connectivity index (χ1v) is 8.33. The molecule has 7 heteroatoms. The van der Waals surface area contributed by atoms with Crippen LogP contribution in [0.2, 0.25) is 0 Å². The SMILES string of the molecule is COc1ccc(CCNC(=O)N2CC[C@H](Oc3ccncn3)C2)cc1. The van der Waals surface area contributed by atoms with Gasteiger partial charge in [0.2, 0.25) is 5.88 Å². The summed E-state index contributed by atoms with van der Waals surface area (Å²) < 4.78 is 10.9. The van der Waals surface area contributed by atoms with Crippen LogP contribution in [0, 0.1) is 0 Å². The molecule has 1 saturated heterocycles. The highest BCUT2D eigenvalue weighted by Gasteiger charge is 2.27. The zero-order valence-corrected chi connectivity index (χ0v) is 14.2. The van der Waals surface area contributed by atoms with E-state index in [0.29, 0.717) is 25.5 Å². The third-order valence-electron chi connectivity index (χ3n) is 4.12. The Hall–Kier alpha value is -2.83. The van der Waals surface area contributed by atoms with Gasteiger partial charge in [-0.2, -0.15) is 0 Å². The molecule has 1 aromatic carbocycles. The summed E-state index contributed by atoms with van der Waals surface area (Å²) in [6.45, 7) is 1.85. The summed E-state index contributed by atoms with van der Waals surface area (Å²) in [5, 5.41) is 2.96. The van der Waals surface area contributed by atoms with E-state index < -0.39 is 0 Å². The van der Waals surface area contributed by atoms with Gasteiger partial charge in [-0.15, -0.1) is 0 Å². The number of ether oxygens (including phenoxy) is 2. The predicted octanol–water partition coefficient (Wildman–Crippen LogP) is 1.89.